The van der Waals surface area contributed by atoms with Crippen LogP contribution < -0.4 is 4.72 Å². The summed E-state index contributed by atoms with van der Waals surface area (Å²) in [7, 11) is -1.50. The number of imidazole rings is 1. The highest BCUT2D eigenvalue weighted by Crippen LogP contribution is 2.22. The van der Waals surface area contributed by atoms with E-state index < -0.39 is 10.0 Å². The van der Waals surface area contributed by atoms with Gasteiger partial charge in [0.2, 0.25) is 0 Å². The van der Waals surface area contributed by atoms with Crippen molar-refractivity contribution in [3.05, 3.63) is 77.4 Å². The quantitative estimate of drug-likeness (QED) is 0.530. The molecular formula is C20H19N3O2S2. The number of para-hydroxylation sites is 2. The summed E-state index contributed by atoms with van der Waals surface area (Å²) in [6.07, 6.45) is 1.57. The molecule has 2 heterocycles. The van der Waals surface area contributed by atoms with E-state index in [1.165, 1.54) is 11.3 Å². The molecule has 0 bridgehead atoms. The molecule has 5 nitrogen and oxygen atoms in total. The Morgan fingerprint density at radius 1 is 1.04 bits per heavy atom. The van der Waals surface area contributed by atoms with E-state index in [9.17, 15) is 8.42 Å². The van der Waals surface area contributed by atoms with Crippen molar-refractivity contribution >= 4 is 38.1 Å². The van der Waals surface area contributed by atoms with Gasteiger partial charge in [-0.25, -0.2) is 13.4 Å². The van der Waals surface area contributed by atoms with Crippen LogP contribution in [0.15, 0.2) is 70.3 Å². The minimum Gasteiger partial charge on any atom is -0.331 e. The summed E-state index contributed by atoms with van der Waals surface area (Å²) in [4.78, 5) is 4.70. The van der Waals surface area contributed by atoms with E-state index in [0.29, 0.717) is 9.90 Å². The number of aromatic nitrogens is 2. The lowest BCUT2D eigenvalue weighted by Crippen LogP contribution is -2.11. The number of benzene rings is 2. The van der Waals surface area contributed by atoms with Crippen LogP contribution in [0.25, 0.3) is 11.0 Å². The summed E-state index contributed by atoms with van der Waals surface area (Å²) in [6.45, 7) is 0. The zero-order chi connectivity index (χ0) is 18.9. The van der Waals surface area contributed by atoms with Crippen molar-refractivity contribution in [2.45, 2.75) is 17.1 Å². The fourth-order valence-corrected chi connectivity index (χ4v) is 5.13. The van der Waals surface area contributed by atoms with Crippen molar-refractivity contribution in [2.24, 2.45) is 7.05 Å². The molecule has 2 aromatic carbocycles. The standard InChI is InChI=1S/C20H19N3O2S2/c1-23-18-9-3-2-8-17(18)21-19(23)12-11-15-6-4-7-16(14-15)22-27(24,25)20-10-5-13-26-20/h2-10,13-14,22H,11-12H2,1H3. The lowest BCUT2D eigenvalue weighted by atomic mass is 10.1. The second-order valence-electron chi connectivity index (χ2n) is 6.31. The molecule has 138 valence electrons. The number of hydrogen-bond acceptors (Lipinski definition) is 4. The molecule has 4 aromatic rings. The molecule has 4 rings (SSSR count). The van der Waals surface area contributed by atoms with E-state index in [-0.39, 0.29) is 0 Å². The largest absolute Gasteiger partial charge is 0.331 e. The second-order valence-corrected chi connectivity index (χ2v) is 9.17. The highest BCUT2D eigenvalue weighted by Gasteiger charge is 2.15. The normalized spacial score (nSPS) is 11.7. The summed E-state index contributed by atoms with van der Waals surface area (Å²) in [5, 5.41) is 1.75. The Kier molecular flexibility index (Phi) is 4.72. The van der Waals surface area contributed by atoms with Gasteiger partial charge in [-0.2, -0.15) is 0 Å². The van der Waals surface area contributed by atoms with Crippen LogP contribution in [0.4, 0.5) is 5.69 Å². The predicted octanol–water partition coefficient (Wildman–Crippen LogP) is 4.22. The monoisotopic (exact) mass is 397 g/mol. The molecule has 0 aliphatic heterocycles. The Bertz CT molecular complexity index is 1180. The van der Waals surface area contributed by atoms with E-state index in [2.05, 4.69) is 15.4 Å². The summed E-state index contributed by atoms with van der Waals surface area (Å²) in [6, 6.07) is 18.9. The smallest absolute Gasteiger partial charge is 0.271 e. The van der Waals surface area contributed by atoms with Crippen LogP contribution in [-0.4, -0.2) is 18.0 Å². The van der Waals surface area contributed by atoms with Crippen molar-refractivity contribution in [2.75, 3.05) is 4.72 Å². The molecule has 0 aliphatic rings. The lowest BCUT2D eigenvalue weighted by molar-refractivity contribution is 0.603. The van der Waals surface area contributed by atoms with Crippen LogP contribution in [-0.2, 0) is 29.9 Å². The van der Waals surface area contributed by atoms with Gasteiger partial charge in [-0.05, 0) is 47.7 Å². The van der Waals surface area contributed by atoms with Crippen LogP contribution in [0.3, 0.4) is 0 Å². The molecule has 0 saturated carbocycles. The molecule has 0 aliphatic carbocycles. The zero-order valence-electron chi connectivity index (χ0n) is 14.8. The number of rotatable bonds is 6. The van der Waals surface area contributed by atoms with Crippen LogP contribution in [0, 0.1) is 0 Å². The molecule has 0 spiro atoms. The first-order valence-corrected chi connectivity index (χ1v) is 10.9. The van der Waals surface area contributed by atoms with E-state index in [1.54, 1.807) is 23.6 Å². The number of sulfonamides is 1. The van der Waals surface area contributed by atoms with Gasteiger partial charge in [-0.1, -0.05) is 30.3 Å². The number of anilines is 1. The molecule has 0 unspecified atom stereocenters. The van der Waals surface area contributed by atoms with Gasteiger partial charge in [0.1, 0.15) is 10.0 Å². The average Bonchev–Trinajstić information content (AvgIpc) is 3.30. The van der Waals surface area contributed by atoms with Crippen LogP contribution >= 0.6 is 11.3 Å². The van der Waals surface area contributed by atoms with Crippen molar-refractivity contribution in [3.8, 4) is 0 Å². The maximum Gasteiger partial charge on any atom is 0.271 e. The molecular weight excluding hydrogens is 378 g/mol. The SMILES string of the molecule is Cn1c(CCc2cccc(NS(=O)(=O)c3cccs3)c2)nc2ccccc21. The molecule has 7 heteroatoms. The first-order chi connectivity index (χ1) is 13.0. The van der Waals surface area contributed by atoms with Crippen LogP contribution in [0.1, 0.15) is 11.4 Å². The lowest BCUT2D eigenvalue weighted by Gasteiger charge is -2.08. The average molecular weight is 398 g/mol. The van der Waals surface area contributed by atoms with Crippen LogP contribution in [0.2, 0.25) is 0 Å². The molecule has 0 saturated heterocycles. The highest BCUT2D eigenvalue weighted by molar-refractivity contribution is 7.94. The van der Waals surface area contributed by atoms with E-state index in [0.717, 1.165) is 35.3 Å². The Morgan fingerprint density at radius 2 is 1.89 bits per heavy atom. The number of fused-ring (bicyclic) bond motifs is 1. The fraction of sp³-hybridized carbons (Fsp3) is 0.150. The molecule has 0 fully saturated rings. The molecule has 1 N–H and O–H groups in total. The van der Waals surface area contributed by atoms with Gasteiger partial charge < -0.3 is 4.57 Å². The van der Waals surface area contributed by atoms with Crippen LogP contribution in [0.5, 0.6) is 0 Å². The van der Waals surface area contributed by atoms with Gasteiger partial charge in [-0.3, -0.25) is 4.72 Å². The van der Waals surface area contributed by atoms with Gasteiger partial charge in [0, 0.05) is 19.2 Å². The van der Waals surface area contributed by atoms with E-state index >= 15 is 0 Å². The number of aryl methyl sites for hydroxylation is 3. The summed E-state index contributed by atoms with van der Waals surface area (Å²) in [5.41, 5.74) is 3.75. The Labute approximate surface area is 162 Å². The second kappa shape index (κ2) is 7.17. The van der Waals surface area contributed by atoms with Crippen molar-refractivity contribution in [1.82, 2.24) is 9.55 Å². The van der Waals surface area contributed by atoms with Gasteiger partial charge >= 0.3 is 0 Å². The summed E-state index contributed by atoms with van der Waals surface area (Å²) >= 11 is 1.20. The van der Waals surface area contributed by atoms with Crippen molar-refractivity contribution < 1.29 is 8.42 Å². The van der Waals surface area contributed by atoms with Gasteiger partial charge in [0.05, 0.1) is 11.0 Å². The fourth-order valence-electron chi connectivity index (χ4n) is 3.09. The Balaban J connectivity index is 1.50. The summed E-state index contributed by atoms with van der Waals surface area (Å²) < 4.78 is 29.8. The zero-order valence-corrected chi connectivity index (χ0v) is 16.4. The minimum atomic E-state index is -3.53. The molecule has 2 aromatic heterocycles. The van der Waals surface area contributed by atoms with E-state index in [4.69, 9.17) is 4.98 Å². The third kappa shape index (κ3) is 3.74. The maximum atomic E-state index is 12.4. The van der Waals surface area contributed by atoms with Crippen molar-refractivity contribution in [3.63, 3.8) is 0 Å². The van der Waals surface area contributed by atoms with Gasteiger partial charge in [-0.15, -0.1) is 11.3 Å². The first-order valence-electron chi connectivity index (χ1n) is 8.58. The first kappa shape index (κ1) is 17.8. The Hall–Kier alpha value is -2.64. The molecule has 0 amide bonds. The maximum absolute atomic E-state index is 12.4. The van der Waals surface area contributed by atoms with Gasteiger partial charge in [0.15, 0.2) is 0 Å². The topological polar surface area (TPSA) is 64.0 Å². The summed E-state index contributed by atoms with van der Waals surface area (Å²) in [5.74, 6) is 1.01. The number of hydrogen-bond donors (Lipinski definition) is 1. The third-order valence-electron chi connectivity index (χ3n) is 4.46. The molecule has 27 heavy (non-hydrogen) atoms. The Morgan fingerprint density at radius 3 is 2.67 bits per heavy atom. The molecule has 0 radical (unpaired) electrons. The minimum absolute atomic E-state index is 0.313. The molecule has 0 atom stereocenters. The number of thiophene rings is 1. The predicted molar refractivity (Wildman–Crippen MR) is 110 cm³/mol. The number of nitrogens with one attached hydrogen (secondary N) is 1. The number of nitrogens with zero attached hydrogens (tertiary/aromatic N) is 2. The van der Waals surface area contributed by atoms with E-state index in [1.807, 2.05) is 43.4 Å². The van der Waals surface area contributed by atoms with Gasteiger partial charge in [0.25, 0.3) is 10.0 Å². The third-order valence-corrected chi connectivity index (χ3v) is 7.23. The van der Waals surface area contributed by atoms with Crippen molar-refractivity contribution in [1.29, 1.82) is 0 Å². The highest BCUT2D eigenvalue weighted by atomic mass is 32.2.